The number of hydrogen-bond donors (Lipinski definition) is 1. The Bertz CT molecular complexity index is 1200. The second-order valence-corrected chi connectivity index (χ2v) is 9.73. The average molecular weight is 573 g/mol. The molecule has 2 amide bonds. The van der Waals surface area contributed by atoms with E-state index in [9.17, 15) is 35.9 Å². The Labute approximate surface area is 225 Å². The van der Waals surface area contributed by atoms with Gasteiger partial charge in [0.15, 0.2) is 0 Å². The number of nitrogens with zero attached hydrogens (tertiary/aromatic N) is 1. The zero-order valence-electron chi connectivity index (χ0n) is 21.1. The summed E-state index contributed by atoms with van der Waals surface area (Å²) < 4.78 is 90.6. The maximum atomic E-state index is 12.6. The highest BCUT2D eigenvalue weighted by atomic mass is 19.4. The van der Waals surface area contributed by atoms with Gasteiger partial charge in [0, 0.05) is 24.1 Å². The van der Waals surface area contributed by atoms with Crippen LogP contribution in [0.15, 0.2) is 60.2 Å². The zero-order chi connectivity index (χ0) is 29.0. The smallest absolute Gasteiger partial charge is 0.434 e. The van der Waals surface area contributed by atoms with E-state index in [0.29, 0.717) is 18.6 Å². The molecule has 2 aromatic rings. The van der Waals surface area contributed by atoms with Crippen LogP contribution in [0, 0.1) is 5.41 Å². The van der Waals surface area contributed by atoms with Gasteiger partial charge in [-0.3, -0.25) is 0 Å². The summed E-state index contributed by atoms with van der Waals surface area (Å²) in [4.78, 5) is 24.6. The molecule has 0 radical (unpaired) electrons. The van der Waals surface area contributed by atoms with Crippen LogP contribution in [0.5, 0.6) is 5.75 Å². The summed E-state index contributed by atoms with van der Waals surface area (Å²) in [7, 11) is 0. The first kappa shape index (κ1) is 29.1. The number of nitrogens with one attached hydrogen (secondary N) is 1. The van der Waals surface area contributed by atoms with Crippen molar-refractivity contribution >= 4 is 18.3 Å². The summed E-state index contributed by atoms with van der Waals surface area (Å²) in [5.41, 5.74) is 2.24. The highest BCUT2D eigenvalue weighted by Crippen LogP contribution is 2.52. The second kappa shape index (κ2) is 11.7. The lowest BCUT2D eigenvalue weighted by Gasteiger charge is -2.56. The Hall–Kier alpha value is -3.90. The Morgan fingerprint density at radius 3 is 2.23 bits per heavy atom. The van der Waals surface area contributed by atoms with Crippen LogP contribution in [0.1, 0.15) is 24.0 Å². The molecule has 13 heteroatoms. The number of carbonyl (C=O) groups excluding carboxylic acids is 2. The van der Waals surface area contributed by atoms with Crippen LogP contribution in [0.3, 0.4) is 0 Å². The number of likely N-dealkylation sites (tertiary alicyclic amines) is 1. The molecule has 1 N–H and O–H groups in total. The molecule has 7 nitrogen and oxygen atoms in total. The molecule has 1 aliphatic heterocycles. The fraction of sp³-hybridized carbons (Fsp3) is 0.407. The van der Waals surface area contributed by atoms with E-state index < -0.39 is 36.1 Å². The minimum atomic E-state index is -5.75. The molecule has 1 saturated carbocycles. The molecule has 0 atom stereocenters. The molecular formula is C27H26F6N2O5. The third-order valence-corrected chi connectivity index (χ3v) is 6.45. The summed E-state index contributed by atoms with van der Waals surface area (Å²) >= 11 is 0. The largest absolute Gasteiger partial charge is 0.491 e. The lowest BCUT2D eigenvalue weighted by Crippen LogP contribution is -2.63. The van der Waals surface area contributed by atoms with Gasteiger partial charge in [-0.25, -0.2) is 9.59 Å². The number of ether oxygens (including phenoxy) is 3. The van der Waals surface area contributed by atoms with Gasteiger partial charge in [-0.15, -0.1) is 0 Å². The number of alkyl carbamates (subject to hydrolysis) is 1. The molecule has 2 aliphatic rings. The van der Waals surface area contributed by atoms with Gasteiger partial charge >= 0.3 is 24.5 Å². The van der Waals surface area contributed by atoms with E-state index >= 15 is 0 Å². The summed E-state index contributed by atoms with van der Waals surface area (Å²) in [5.74, 6) is 0.569. The first-order chi connectivity index (χ1) is 18.8. The van der Waals surface area contributed by atoms with Crippen molar-refractivity contribution in [3.05, 3.63) is 71.3 Å². The van der Waals surface area contributed by atoms with E-state index in [1.54, 1.807) is 12.1 Å². The molecule has 1 heterocycles. The van der Waals surface area contributed by atoms with E-state index in [0.717, 1.165) is 21.6 Å². The first-order valence-electron chi connectivity index (χ1n) is 12.3. The molecule has 216 valence electrons. The number of benzene rings is 2. The number of carbonyl (C=O) groups is 2. The standard InChI is InChI=1S/C27H26F6N2O5/c28-26(29,30)22(27(31,32)33)40-24(37)35-16-25(17-35)13-19(14-25)12-20-8-4-5-9-21(20)38-11-10-34-23(36)39-15-18-6-2-1-3-7-18/h1-9,12,22H,10-11,13-17H2,(H,34,36). The third kappa shape index (κ3) is 7.39. The van der Waals surface area contributed by atoms with Gasteiger partial charge in [0.25, 0.3) is 6.10 Å². The van der Waals surface area contributed by atoms with Gasteiger partial charge in [-0.2, -0.15) is 26.3 Å². The van der Waals surface area contributed by atoms with Crippen molar-refractivity contribution in [1.82, 2.24) is 10.2 Å². The molecule has 0 unspecified atom stereocenters. The second-order valence-electron chi connectivity index (χ2n) is 9.73. The minimum absolute atomic E-state index is 0.00972. The topological polar surface area (TPSA) is 77.1 Å². The Morgan fingerprint density at radius 1 is 0.950 bits per heavy atom. The quantitative estimate of drug-likeness (QED) is 0.306. The van der Waals surface area contributed by atoms with Crippen LogP contribution in [-0.2, 0) is 16.1 Å². The van der Waals surface area contributed by atoms with Gasteiger partial charge in [0.1, 0.15) is 19.0 Å². The molecule has 4 rings (SSSR count). The zero-order valence-corrected chi connectivity index (χ0v) is 21.1. The van der Waals surface area contributed by atoms with Crippen molar-refractivity contribution in [2.24, 2.45) is 5.41 Å². The fourth-order valence-corrected chi connectivity index (χ4v) is 4.66. The number of halogens is 6. The Morgan fingerprint density at radius 2 is 1.57 bits per heavy atom. The lowest BCUT2D eigenvalue weighted by molar-refractivity contribution is -0.309. The molecule has 0 bridgehead atoms. The van der Waals surface area contributed by atoms with Crippen LogP contribution >= 0.6 is 0 Å². The van der Waals surface area contributed by atoms with Crippen molar-refractivity contribution in [1.29, 1.82) is 0 Å². The number of alkyl halides is 6. The van der Waals surface area contributed by atoms with Gasteiger partial charge in [-0.05, 0) is 24.5 Å². The number of amides is 2. The predicted molar refractivity (Wildman–Crippen MR) is 130 cm³/mol. The SMILES string of the molecule is O=C(NCCOc1ccccc1C=C1CC2(C1)CN(C(=O)OC(C(F)(F)F)C(F)(F)F)C2)OCc1ccccc1. The number of rotatable bonds is 8. The molecule has 40 heavy (non-hydrogen) atoms. The number of hydrogen-bond acceptors (Lipinski definition) is 5. The third-order valence-electron chi connectivity index (χ3n) is 6.45. The van der Waals surface area contributed by atoms with Crippen molar-refractivity contribution < 1.29 is 50.1 Å². The van der Waals surface area contributed by atoms with Crippen molar-refractivity contribution in [2.45, 2.75) is 37.9 Å². The molecule has 0 aromatic heterocycles. The summed E-state index contributed by atoms with van der Waals surface area (Å²) in [6.07, 6.45) is -14.9. The Balaban J connectivity index is 1.20. The molecular weight excluding hydrogens is 546 g/mol. The summed E-state index contributed by atoms with van der Waals surface area (Å²) in [6.45, 7) is 0.549. The van der Waals surface area contributed by atoms with Crippen molar-refractivity contribution in [3.63, 3.8) is 0 Å². The van der Waals surface area contributed by atoms with Crippen LogP contribution in [0.25, 0.3) is 6.08 Å². The number of allylic oxidation sites excluding steroid dienone is 1. The highest BCUT2D eigenvalue weighted by molar-refractivity contribution is 5.70. The molecule has 1 spiro atoms. The van der Waals surface area contributed by atoms with Gasteiger partial charge < -0.3 is 24.4 Å². The van der Waals surface area contributed by atoms with Crippen molar-refractivity contribution in [2.75, 3.05) is 26.2 Å². The van der Waals surface area contributed by atoms with E-state index in [1.807, 2.05) is 48.5 Å². The Kier molecular flexibility index (Phi) is 8.50. The fourth-order valence-electron chi connectivity index (χ4n) is 4.66. The van der Waals surface area contributed by atoms with Crippen LogP contribution in [0.4, 0.5) is 35.9 Å². The van der Waals surface area contributed by atoms with E-state index in [2.05, 4.69) is 10.1 Å². The van der Waals surface area contributed by atoms with Gasteiger partial charge in [0.2, 0.25) is 0 Å². The van der Waals surface area contributed by atoms with Crippen molar-refractivity contribution in [3.8, 4) is 5.75 Å². The minimum Gasteiger partial charge on any atom is -0.491 e. The van der Waals surface area contributed by atoms with Crippen LogP contribution in [-0.4, -0.2) is 61.8 Å². The van der Waals surface area contributed by atoms with Gasteiger partial charge in [0.05, 0.1) is 6.54 Å². The number of para-hydroxylation sites is 1. The first-order valence-corrected chi connectivity index (χ1v) is 12.3. The maximum absolute atomic E-state index is 12.6. The van der Waals surface area contributed by atoms with E-state index in [-0.39, 0.29) is 32.8 Å². The average Bonchev–Trinajstić information content (AvgIpc) is 2.84. The van der Waals surface area contributed by atoms with Crippen LogP contribution in [0.2, 0.25) is 0 Å². The highest BCUT2D eigenvalue weighted by Gasteiger charge is 2.61. The molecule has 2 aromatic carbocycles. The lowest BCUT2D eigenvalue weighted by atomic mass is 9.60. The van der Waals surface area contributed by atoms with E-state index in [1.165, 1.54) is 0 Å². The molecule has 1 saturated heterocycles. The summed E-state index contributed by atoms with van der Waals surface area (Å²) in [5, 5.41) is 2.60. The van der Waals surface area contributed by atoms with Gasteiger partial charge in [-0.1, -0.05) is 60.2 Å². The monoisotopic (exact) mass is 572 g/mol. The normalized spacial score (nSPS) is 16.2. The predicted octanol–water partition coefficient (Wildman–Crippen LogP) is 6.10. The van der Waals surface area contributed by atoms with Crippen LogP contribution < -0.4 is 10.1 Å². The van der Waals surface area contributed by atoms with E-state index in [4.69, 9.17) is 9.47 Å². The molecule has 2 fully saturated rings. The molecule has 1 aliphatic carbocycles. The summed E-state index contributed by atoms with van der Waals surface area (Å²) in [6, 6.07) is 16.4. The maximum Gasteiger partial charge on any atom is 0.434 e.